The first-order valence-corrected chi connectivity index (χ1v) is 8.47. The fraction of sp³-hybridized carbons (Fsp3) is 0.400. The van der Waals surface area contributed by atoms with E-state index in [0.29, 0.717) is 26.2 Å². The summed E-state index contributed by atoms with van der Waals surface area (Å²) in [4.78, 5) is 23.7. The van der Waals surface area contributed by atoms with E-state index in [9.17, 15) is 18.0 Å². The summed E-state index contributed by atoms with van der Waals surface area (Å²) in [5.74, 6) is 0. The van der Waals surface area contributed by atoms with Gasteiger partial charge in [0.05, 0.1) is 17.6 Å². The number of hydrogen-bond donors (Lipinski definition) is 1. The highest BCUT2D eigenvalue weighted by Gasteiger charge is 2.32. The summed E-state index contributed by atoms with van der Waals surface area (Å²) in [6.07, 6.45) is -3.48. The molecule has 1 aliphatic rings. The van der Waals surface area contributed by atoms with Crippen molar-refractivity contribution in [2.75, 3.05) is 36.4 Å². The lowest BCUT2D eigenvalue weighted by atomic mass is 10.3. The molecule has 3 rings (SSSR count). The van der Waals surface area contributed by atoms with Crippen LogP contribution in [0.4, 0.5) is 28.8 Å². The highest BCUT2D eigenvalue weighted by molar-refractivity contribution is 7.13. The highest BCUT2D eigenvalue weighted by atomic mass is 32.1. The minimum Gasteiger partial charge on any atom is -0.345 e. The van der Waals surface area contributed by atoms with Gasteiger partial charge >= 0.3 is 12.2 Å². The third-order valence-corrected chi connectivity index (χ3v) is 4.77. The van der Waals surface area contributed by atoms with Crippen molar-refractivity contribution in [3.63, 3.8) is 0 Å². The second-order valence-corrected chi connectivity index (χ2v) is 6.44. The average molecular weight is 371 g/mol. The first-order chi connectivity index (χ1) is 11.8. The van der Waals surface area contributed by atoms with E-state index in [1.807, 2.05) is 12.3 Å². The van der Waals surface area contributed by atoms with Crippen LogP contribution in [0.3, 0.4) is 0 Å². The van der Waals surface area contributed by atoms with Crippen molar-refractivity contribution >= 4 is 28.2 Å². The molecule has 134 valence electrons. The molecule has 0 aliphatic carbocycles. The molecule has 1 saturated heterocycles. The Balaban J connectivity index is 1.54. The zero-order valence-corrected chi connectivity index (χ0v) is 14.2. The number of carbonyl (C=O) groups excluding carboxylic acids is 1. The van der Waals surface area contributed by atoms with Crippen LogP contribution in [0.1, 0.15) is 11.4 Å². The number of aromatic nitrogens is 2. The van der Waals surface area contributed by atoms with Crippen molar-refractivity contribution in [1.29, 1.82) is 0 Å². The minimum absolute atomic E-state index is 0.232. The van der Waals surface area contributed by atoms with Gasteiger partial charge in [-0.05, 0) is 19.1 Å². The molecule has 0 aromatic carbocycles. The number of hydrogen-bond acceptors (Lipinski definition) is 5. The van der Waals surface area contributed by atoms with E-state index in [0.717, 1.165) is 23.1 Å². The lowest BCUT2D eigenvalue weighted by Gasteiger charge is -2.34. The molecule has 2 amide bonds. The predicted molar refractivity (Wildman–Crippen MR) is 88.9 cm³/mol. The van der Waals surface area contributed by atoms with Crippen LogP contribution in [-0.4, -0.2) is 47.1 Å². The largest absolute Gasteiger partial charge is 0.433 e. The normalized spacial score (nSPS) is 15.4. The van der Waals surface area contributed by atoms with Gasteiger partial charge in [-0.2, -0.15) is 13.2 Å². The molecule has 0 radical (unpaired) electrons. The van der Waals surface area contributed by atoms with Crippen LogP contribution < -0.4 is 10.2 Å². The Hall–Kier alpha value is -2.36. The Bertz CT molecular complexity index is 738. The van der Waals surface area contributed by atoms with Crippen LogP contribution in [-0.2, 0) is 6.18 Å². The first kappa shape index (κ1) is 17.5. The molecule has 6 nitrogen and oxygen atoms in total. The van der Waals surface area contributed by atoms with Crippen LogP contribution in [0.5, 0.6) is 0 Å². The maximum Gasteiger partial charge on any atom is 0.433 e. The second-order valence-electron chi connectivity index (χ2n) is 5.61. The van der Waals surface area contributed by atoms with E-state index < -0.39 is 11.9 Å². The molecule has 3 heterocycles. The molecule has 2 aromatic rings. The summed E-state index contributed by atoms with van der Waals surface area (Å²) in [6.45, 7) is 4.27. The Morgan fingerprint density at radius 1 is 1.24 bits per heavy atom. The number of alkyl halides is 3. The maximum atomic E-state index is 12.5. The summed E-state index contributed by atoms with van der Waals surface area (Å²) < 4.78 is 37.5. The number of halogens is 3. The second kappa shape index (κ2) is 6.87. The molecule has 1 aliphatic heterocycles. The summed E-state index contributed by atoms with van der Waals surface area (Å²) in [5.41, 5.74) is 0.212. The molecule has 0 spiro atoms. The molecule has 1 fully saturated rings. The van der Waals surface area contributed by atoms with Crippen molar-refractivity contribution in [1.82, 2.24) is 14.9 Å². The highest BCUT2D eigenvalue weighted by Crippen LogP contribution is 2.28. The van der Waals surface area contributed by atoms with Gasteiger partial charge in [0.1, 0.15) is 5.69 Å². The van der Waals surface area contributed by atoms with E-state index in [1.165, 1.54) is 6.07 Å². The standard InChI is InChI=1S/C15H16F3N5OS/c1-10-9-25-14(20-10)23-6-4-22(5-7-23)13(24)21-11-2-3-12(19-8-11)15(16,17)18/h2-3,8-9H,4-7H2,1H3,(H,21,24). The van der Waals surface area contributed by atoms with E-state index in [1.54, 1.807) is 16.2 Å². The minimum atomic E-state index is -4.49. The summed E-state index contributed by atoms with van der Waals surface area (Å²) in [5, 5.41) is 5.49. The molecule has 0 saturated carbocycles. The van der Waals surface area contributed by atoms with Crippen LogP contribution in [0.25, 0.3) is 0 Å². The van der Waals surface area contributed by atoms with E-state index in [4.69, 9.17) is 0 Å². The van der Waals surface area contributed by atoms with Crippen LogP contribution in [0, 0.1) is 6.92 Å². The number of urea groups is 1. The van der Waals surface area contributed by atoms with Gasteiger partial charge in [0.2, 0.25) is 0 Å². The first-order valence-electron chi connectivity index (χ1n) is 7.59. The molecule has 25 heavy (non-hydrogen) atoms. The monoisotopic (exact) mass is 371 g/mol. The third kappa shape index (κ3) is 4.19. The molecule has 10 heteroatoms. The number of anilines is 2. The van der Waals surface area contributed by atoms with Gasteiger partial charge in [-0.1, -0.05) is 0 Å². The zero-order valence-electron chi connectivity index (χ0n) is 13.4. The fourth-order valence-electron chi connectivity index (χ4n) is 2.43. The van der Waals surface area contributed by atoms with Gasteiger partial charge in [-0.25, -0.2) is 14.8 Å². The smallest absolute Gasteiger partial charge is 0.345 e. The Morgan fingerprint density at radius 2 is 1.96 bits per heavy atom. The fourth-order valence-corrected chi connectivity index (χ4v) is 3.28. The summed E-state index contributed by atoms with van der Waals surface area (Å²) in [7, 11) is 0. The quantitative estimate of drug-likeness (QED) is 0.881. The Morgan fingerprint density at radius 3 is 2.48 bits per heavy atom. The van der Waals surface area contributed by atoms with E-state index in [-0.39, 0.29) is 11.7 Å². The SMILES string of the molecule is Cc1csc(N2CCN(C(=O)Nc3ccc(C(F)(F)F)nc3)CC2)n1. The Kier molecular flexibility index (Phi) is 4.80. The molecule has 2 aromatic heterocycles. The van der Waals surface area contributed by atoms with E-state index >= 15 is 0 Å². The van der Waals surface area contributed by atoms with Gasteiger partial charge in [0.25, 0.3) is 0 Å². The molecule has 0 unspecified atom stereocenters. The van der Waals surface area contributed by atoms with Crippen molar-refractivity contribution in [2.24, 2.45) is 0 Å². The number of piperazine rings is 1. The van der Waals surface area contributed by atoms with Gasteiger partial charge in [-0.3, -0.25) is 0 Å². The number of rotatable bonds is 2. The molecular formula is C15H16F3N5OS. The number of carbonyl (C=O) groups is 1. The lowest BCUT2D eigenvalue weighted by Crippen LogP contribution is -2.50. The van der Waals surface area contributed by atoms with Gasteiger partial charge in [0.15, 0.2) is 5.13 Å². The maximum absolute atomic E-state index is 12.5. The van der Waals surface area contributed by atoms with Crippen molar-refractivity contribution < 1.29 is 18.0 Å². The number of amides is 2. The topological polar surface area (TPSA) is 61.4 Å². The lowest BCUT2D eigenvalue weighted by molar-refractivity contribution is -0.141. The Labute approximate surface area is 146 Å². The van der Waals surface area contributed by atoms with Crippen molar-refractivity contribution in [3.8, 4) is 0 Å². The van der Waals surface area contributed by atoms with Gasteiger partial charge in [0, 0.05) is 31.6 Å². The van der Waals surface area contributed by atoms with Crippen LogP contribution >= 0.6 is 11.3 Å². The number of aryl methyl sites for hydroxylation is 1. The number of nitrogens with zero attached hydrogens (tertiary/aromatic N) is 4. The number of pyridine rings is 1. The average Bonchev–Trinajstić information content (AvgIpc) is 3.01. The molecular weight excluding hydrogens is 355 g/mol. The van der Waals surface area contributed by atoms with Crippen molar-refractivity contribution in [2.45, 2.75) is 13.1 Å². The van der Waals surface area contributed by atoms with Gasteiger partial charge < -0.3 is 15.1 Å². The summed E-state index contributed by atoms with van der Waals surface area (Å²) in [6, 6.07) is 1.69. The number of nitrogens with one attached hydrogen (secondary N) is 1. The van der Waals surface area contributed by atoms with Crippen molar-refractivity contribution in [3.05, 3.63) is 35.1 Å². The van der Waals surface area contributed by atoms with Crippen LogP contribution in [0.2, 0.25) is 0 Å². The predicted octanol–water partition coefficient (Wildman–Crippen LogP) is 3.22. The molecule has 0 atom stereocenters. The van der Waals surface area contributed by atoms with E-state index in [2.05, 4.69) is 20.2 Å². The summed E-state index contributed by atoms with van der Waals surface area (Å²) >= 11 is 1.57. The van der Waals surface area contributed by atoms with Gasteiger partial charge in [-0.15, -0.1) is 11.3 Å². The molecule has 0 bridgehead atoms. The zero-order chi connectivity index (χ0) is 18.0. The third-order valence-electron chi connectivity index (χ3n) is 3.75. The molecule has 1 N–H and O–H groups in total. The number of thiazole rings is 1. The van der Waals surface area contributed by atoms with Crippen LogP contribution in [0.15, 0.2) is 23.7 Å².